The standard InChI is InChI=1S/C28H37N5O7S2/c1-28(2)18-32(11-12-33(28)24(34)17-38-3)15-21-14-29-27(41-21)30-26(35)25(31-40-20-10-13-39-16-20)19-4-6-22(7-5-19)42(36,37)23-8-9-23/h4-7,14,20,23H,8-13,15-18H2,1-3H3,(H,29,30,35)/t20-/m1/s1. The van der Waals surface area contributed by atoms with E-state index in [2.05, 4.69) is 20.4 Å². The molecule has 0 unspecified atom stereocenters. The molecule has 0 bridgehead atoms. The Balaban J connectivity index is 1.25. The van der Waals surface area contributed by atoms with E-state index in [1.807, 2.05) is 18.7 Å². The maximum atomic E-state index is 13.4. The number of ether oxygens (including phenoxy) is 2. The van der Waals surface area contributed by atoms with E-state index in [0.29, 0.717) is 69.4 Å². The number of hydrogen-bond acceptors (Lipinski definition) is 11. The normalized spacial score (nSPS) is 21.4. The van der Waals surface area contributed by atoms with Crippen molar-refractivity contribution in [3.8, 4) is 0 Å². The predicted molar refractivity (Wildman–Crippen MR) is 157 cm³/mol. The average Bonchev–Trinajstić information content (AvgIpc) is 3.53. The Morgan fingerprint density at radius 2 is 1.95 bits per heavy atom. The molecule has 228 valence electrons. The van der Waals surface area contributed by atoms with E-state index in [9.17, 15) is 18.0 Å². The highest BCUT2D eigenvalue weighted by molar-refractivity contribution is 7.92. The number of benzene rings is 1. The van der Waals surface area contributed by atoms with Crippen LogP contribution < -0.4 is 5.32 Å². The number of carbonyl (C=O) groups is 2. The van der Waals surface area contributed by atoms with Gasteiger partial charge in [-0.2, -0.15) is 0 Å². The van der Waals surface area contributed by atoms with E-state index >= 15 is 0 Å². The van der Waals surface area contributed by atoms with Crippen molar-refractivity contribution in [1.82, 2.24) is 14.8 Å². The lowest BCUT2D eigenvalue weighted by Crippen LogP contribution is -2.61. The molecule has 14 heteroatoms. The second-order valence-electron chi connectivity index (χ2n) is 11.4. The molecule has 1 atom stereocenters. The number of thiazole rings is 1. The first-order valence-corrected chi connectivity index (χ1v) is 16.4. The molecule has 3 fully saturated rings. The van der Waals surface area contributed by atoms with E-state index in [0.717, 1.165) is 4.88 Å². The number of amides is 2. The molecule has 3 heterocycles. The molecule has 5 rings (SSSR count). The molecule has 2 amide bonds. The van der Waals surface area contributed by atoms with Gasteiger partial charge in [-0.3, -0.25) is 19.8 Å². The molecule has 1 aromatic heterocycles. The molecule has 0 spiro atoms. The van der Waals surface area contributed by atoms with Gasteiger partial charge < -0.3 is 19.2 Å². The van der Waals surface area contributed by atoms with Crippen molar-refractivity contribution in [1.29, 1.82) is 0 Å². The fraction of sp³-hybridized carbons (Fsp3) is 0.571. The predicted octanol–water partition coefficient (Wildman–Crippen LogP) is 2.30. The third kappa shape index (κ3) is 7.17. The van der Waals surface area contributed by atoms with Crippen LogP contribution in [0.2, 0.25) is 0 Å². The van der Waals surface area contributed by atoms with Crippen LogP contribution >= 0.6 is 11.3 Å². The van der Waals surface area contributed by atoms with Crippen LogP contribution in [0.5, 0.6) is 0 Å². The zero-order valence-electron chi connectivity index (χ0n) is 24.1. The maximum absolute atomic E-state index is 13.4. The van der Waals surface area contributed by atoms with Gasteiger partial charge in [-0.15, -0.1) is 11.3 Å². The Bertz CT molecular complexity index is 1410. The van der Waals surface area contributed by atoms with E-state index in [1.54, 1.807) is 18.3 Å². The Kier molecular flexibility index (Phi) is 9.28. The molecule has 3 aliphatic rings. The summed E-state index contributed by atoms with van der Waals surface area (Å²) >= 11 is 1.36. The van der Waals surface area contributed by atoms with Gasteiger partial charge in [0.2, 0.25) is 5.91 Å². The second-order valence-corrected chi connectivity index (χ2v) is 14.7. The Morgan fingerprint density at radius 1 is 1.19 bits per heavy atom. The highest BCUT2D eigenvalue weighted by atomic mass is 32.2. The van der Waals surface area contributed by atoms with E-state index in [-0.39, 0.29) is 40.0 Å². The van der Waals surface area contributed by atoms with Gasteiger partial charge in [0.15, 0.2) is 26.8 Å². The molecule has 1 aromatic carbocycles. The summed E-state index contributed by atoms with van der Waals surface area (Å²) in [4.78, 5) is 41.2. The Labute approximate surface area is 249 Å². The summed E-state index contributed by atoms with van der Waals surface area (Å²) in [6.07, 6.45) is 3.49. The summed E-state index contributed by atoms with van der Waals surface area (Å²) < 4.78 is 35.6. The first-order valence-electron chi connectivity index (χ1n) is 14.0. The summed E-state index contributed by atoms with van der Waals surface area (Å²) in [6, 6.07) is 6.18. The third-order valence-corrected chi connectivity index (χ3v) is 10.7. The Hall–Kier alpha value is -2.91. The van der Waals surface area contributed by atoms with Crippen LogP contribution in [0, 0.1) is 0 Å². The van der Waals surface area contributed by atoms with Gasteiger partial charge in [0.05, 0.1) is 28.9 Å². The lowest BCUT2D eigenvalue weighted by Gasteiger charge is -2.47. The number of nitrogens with zero attached hydrogens (tertiary/aromatic N) is 4. The molecule has 1 N–H and O–H groups in total. The number of carbonyl (C=O) groups excluding carboxylic acids is 2. The van der Waals surface area contributed by atoms with Crippen molar-refractivity contribution in [3.05, 3.63) is 40.9 Å². The van der Waals surface area contributed by atoms with Gasteiger partial charge in [-0.25, -0.2) is 13.4 Å². The maximum Gasteiger partial charge on any atom is 0.280 e. The van der Waals surface area contributed by atoms with Gasteiger partial charge >= 0.3 is 0 Å². The molecule has 1 aliphatic carbocycles. The van der Waals surface area contributed by atoms with Gasteiger partial charge in [0.25, 0.3) is 5.91 Å². The number of oxime groups is 1. The fourth-order valence-corrected chi connectivity index (χ4v) is 7.70. The molecule has 12 nitrogen and oxygen atoms in total. The van der Waals surface area contributed by atoms with Crippen LogP contribution in [0.15, 0.2) is 40.5 Å². The zero-order chi connectivity index (χ0) is 29.9. The summed E-state index contributed by atoms with van der Waals surface area (Å²) in [5.74, 6) is -0.537. The molecule has 2 aromatic rings. The minimum Gasteiger partial charge on any atom is -0.389 e. The first kappa shape index (κ1) is 30.5. The molecule has 42 heavy (non-hydrogen) atoms. The number of nitrogens with one attached hydrogen (secondary N) is 1. The molecule has 0 radical (unpaired) electrons. The van der Waals surface area contributed by atoms with Crippen molar-refractivity contribution >= 4 is 43.8 Å². The number of methoxy groups -OCH3 is 1. The van der Waals surface area contributed by atoms with Crippen molar-refractivity contribution in [3.63, 3.8) is 0 Å². The quantitative estimate of drug-likeness (QED) is 0.296. The molecule has 2 aliphatic heterocycles. The number of anilines is 1. The summed E-state index contributed by atoms with van der Waals surface area (Å²) in [6.45, 7) is 7.73. The average molecular weight is 620 g/mol. The summed E-state index contributed by atoms with van der Waals surface area (Å²) in [5.41, 5.74) is 0.104. The number of aromatic nitrogens is 1. The minimum absolute atomic E-state index is 0.0209. The van der Waals surface area contributed by atoms with Crippen LogP contribution in [0.25, 0.3) is 0 Å². The largest absolute Gasteiger partial charge is 0.389 e. The number of sulfone groups is 1. The van der Waals surface area contributed by atoms with Gasteiger partial charge in [0.1, 0.15) is 6.61 Å². The van der Waals surface area contributed by atoms with E-state index in [4.69, 9.17) is 14.3 Å². The van der Waals surface area contributed by atoms with Crippen molar-refractivity contribution < 1.29 is 32.3 Å². The molecule has 1 saturated carbocycles. The summed E-state index contributed by atoms with van der Waals surface area (Å²) in [7, 11) is -1.84. The van der Waals surface area contributed by atoms with Crippen molar-refractivity contribution in [2.45, 2.75) is 61.4 Å². The van der Waals surface area contributed by atoms with E-state index < -0.39 is 15.7 Å². The van der Waals surface area contributed by atoms with Gasteiger partial charge in [-0.1, -0.05) is 17.3 Å². The van der Waals surface area contributed by atoms with Crippen molar-refractivity contribution in [2.24, 2.45) is 5.16 Å². The van der Waals surface area contributed by atoms with Crippen LogP contribution in [-0.4, -0.2) is 104 Å². The highest BCUT2D eigenvalue weighted by Crippen LogP contribution is 2.33. The van der Waals surface area contributed by atoms with E-state index in [1.165, 1.54) is 30.6 Å². The van der Waals surface area contributed by atoms with Crippen LogP contribution in [-0.2, 0) is 40.3 Å². The van der Waals surface area contributed by atoms with Gasteiger partial charge in [0, 0.05) is 56.3 Å². The van der Waals surface area contributed by atoms with Crippen LogP contribution in [0.4, 0.5) is 5.13 Å². The minimum atomic E-state index is -3.35. The molecular weight excluding hydrogens is 582 g/mol. The Morgan fingerprint density at radius 3 is 2.60 bits per heavy atom. The smallest absolute Gasteiger partial charge is 0.280 e. The monoisotopic (exact) mass is 619 g/mol. The van der Waals surface area contributed by atoms with Crippen molar-refractivity contribution in [2.75, 3.05) is 51.9 Å². The molecule has 2 saturated heterocycles. The lowest BCUT2D eigenvalue weighted by molar-refractivity contribution is -0.144. The highest BCUT2D eigenvalue weighted by Gasteiger charge is 2.38. The first-order chi connectivity index (χ1) is 20.1. The summed E-state index contributed by atoms with van der Waals surface area (Å²) in [5, 5.41) is 7.08. The lowest BCUT2D eigenvalue weighted by atomic mass is 9.98. The fourth-order valence-electron chi connectivity index (χ4n) is 5.19. The van der Waals surface area contributed by atoms with Crippen LogP contribution in [0.1, 0.15) is 43.6 Å². The topological polar surface area (TPSA) is 140 Å². The van der Waals surface area contributed by atoms with Gasteiger partial charge in [-0.05, 0) is 38.8 Å². The third-order valence-electron chi connectivity index (χ3n) is 7.52. The molecular formula is C28H37N5O7S2. The number of hydrogen-bond donors (Lipinski definition) is 1. The number of piperazine rings is 1. The zero-order valence-corrected chi connectivity index (χ0v) is 25.7. The SMILES string of the molecule is COCC(=O)N1CCN(Cc2cnc(NC(=O)C(=NO[C@@H]3CCOC3)c3ccc(S(=O)(=O)C4CC4)cc3)s2)CC1(C)C. The van der Waals surface area contributed by atoms with Crippen LogP contribution in [0.3, 0.4) is 0 Å². The second kappa shape index (κ2) is 12.8. The number of rotatable bonds is 11.